The number of hydrogen-bond acceptors (Lipinski definition) is 5. The summed E-state index contributed by atoms with van der Waals surface area (Å²) >= 11 is 0. The average molecular weight is 266 g/mol. The summed E-state index contributed by atoms with van der Waals surface area (Å²) in [7, 11) is 0. The van der Waals surface area contributed by atoms with E-state index in [2.05, 4.69) is 31.2 Å². The Hall–Kier alpha value is -1.17. The molecule has 5 heteroatoms. The minimum Gasteiger partial charge on any atom is -0.383 e. The quantitative estimate of drug-likeness (QED) is 0.536. The van der Waals surface area contributed by atoms with Crippen molar-refractivity contribution in [1.29, 1.82) is 0 Å². The Morgan fingerprint density at radius 1 is 1.42 bits per heavy atom. The van der Waals surface area contributed by atoms with Gasteiger partial charge in [0.2, 0.25) is 0 Å². The van der Waals surface area contributed by atoms with Gasteiger partial charge in [-0.15, -0.1) is 0 Å². The van der Waals surface area contributed by atoms with Crippen LogP contribution in [0.25, 0.3) is 0 Å². The average Bonchev–Trinajstić information content (AvgIpc) is 2.34. The lowest BCUT2D eigenvalue weighted by Gasteiger charge is -2.36. The summed E-state index contributed by atoms with van der Waals surface area (Å²) in [5.41, 5.74) is 9.72. The van der Waals surface area contributed by atoms with E-state index in [1.807, 2.05) is 19.1 Å². The Morgan fingerprint density at radius 2 is 2.11 bits per heavy atom. The lowest BCUT2D eigenvalue weighted by molar-refractivity contribution is -0.0355. The van der Waals surface area contributed by atoms with Crippen LogP contribution in [-0.4, -0.2) is 23.7 Å². The number of hydrazine groups is 1. The van der Waals surface area contributed by atoms with Crippen molar-refractivity contribution in [3.8, 4) is 0 Å². The molecule has 1 heterocycles. The number of pyridine rings is 1. The van der Waals surface area contributed by atoms with Gasteiger partial charge in [0.25, 0.3) is 0 Å². The lowest BCUT2D eigenvalue weighted by Crippen LogP contribution is -2.52. The standard InChI is InChI=1S/C14H26N4O/c1-5-19-12(14(2,3)4)11(18-16)9-10-7-6-8-17-13(10)15/h6-8,11-12,18H,5,9,16H2,1-4H3,(H2,15,17). The molecule has 2 unspecified atom stereocenters. The molecule has 19 heavy (non-hydrogen) atoms. The van der Waals surface area contributed by atoms with Gasteiger partial charge < -0.3 is 10.5 Å². The maximum absolute atomic E-state index is 5.89. The van der Waals surface area contributed by atoms with Gasteiger partial charge in [-0.2, -0.15) is 0 Å². The van der Waals surface area contributed by atoms with E-state index in [0.717, 1.165) is 5.56 Å². The van der Waals surface area contributed by atoms with Crippen LogP contribution >= 0.6 is 0 Å². The van der Waals surface area contributed by atoms with Crippen LogP contribution in [0.5, 0.6) is 0 Å². The highest BCUT2D eigenvalue weighted by Gasteiger charge is 2.32. The fourth-order valence-corrected chi connectivity index (χ4v) is 2.26. The molecule has 0 aliphatic rings. The molecule has 0 saturated heterocycles. The van der Waals surface area contributed by atoms with Crippen molar-refractivity contribution in [3.63, 3.8) is 0 Å². The molecule has 0 amide bonds. The van der Waals surface area contributed by atoms with Crippen LogP contribution in [0.1, 0.15) is 33.3 Å². The third-order valence-corrected chi connectivity index (χ3v) is 3.15. The van der Waals surface area contributed by atoms with Gasteiger partial charge in [0.1, 0.15) is 5.82 Å². The Kier molecular flexibility index (Phi) is 5.72. The summed E-state index contributed by atoms with van der Waals surface area (Å²) in [6.45, 7) is 9.08. The lowest BCUT2D eigenvalue weighted by atomic mass is 9.82. The molecule has 0 fully saturated rings. The second kappa shape index (κ2) is 6.84. The normalized spacial score (nSPS) is 15.2. The van der Waals surface area contributed by atoms with Crippen molar-refractivity contribution < 1.29 is 4.74 Å². The Labute approximate surface area is 115 Å². The van der Waals surface area contributed by atoms with Gasteiger partial charge in [0.05, 0.1) is 12.1 Å². The van der Waals surface area contributed by atoms with Gasteiger partial charge in [0.15, 0.2) is 0 Å². The van der Waals surface area contributed by atoms with Crippen LogP contribution < -0.4 is 17.0 Å². The van der Waals surface area contributed by atoms with Crippen LogP contribution in [0.2, 0.25) is 0 Å². The van der Waals surface area contributed by atoms with E-state index in [9.17, 15) is 0 Å². The van der Waals surface area contributed by atoms with E-state index < -0.39 is 0 Å². The molecule has 5 nitrogen and oxygen atoms in total. The molecule has 0 aliphatic carbocycles. The van der Waals surface area contributed by atoms with Crippen molar-refractivity contribution in [2.24, 2.45) is 11.3 Å². The molecule has 0 radical (unpaired) electrons. The number of aromatic nitrogens is 1. The van der Waals surface area contributed by atoms with E-state index in [-0.39, 0.29) is 17.6 Å². The molecule has 1 rings (SSSR count). The van der Waals surface area contributed by atoms with Crippen molar-refractivity contribution in [2.75, 3.05) is 12.3 Å². The molecule has 0 bridgehead atoms. The monoisotopic (exact) mass is 266 g/mol. The first-order chi connectivity index (χ1) is 8.90. The van der Waals surface area contributed by atoms with E-state index in [4.69, 9.17) is 16.3 Å². The van der Waals surface area contributed by atoms with Crippen LogP contribution in [-0.2, 0) is 11.2 Å². The SMILES string of the molecule is CCOC(C(Cc1cccnc1N)NN)C(C)(C)C. The van der Waals surface area contributed by atoms with Gasteiger partial charge >= 0.3 is 0 Å². The minimum atomic E-state index is -0.00990. The highest BCUT2D eigenvalue weighted by atomic mass is 16.5. The highest BCUT2D eigenvalue weighted by molar-refractivity contribution is 5.39. The number of hydrogen-bond donors (Lipinski definition) is 3. The topological polar surface area (TPSA) is 86.2 Å². The fourth-order valence-electron chi connectivity index (χ4n) is 2.26. The molecule has 0 aliphatic heterocycles. The summed E-state index contributed by atoms with van der Waals surface area (Å²) < 4.78 is 5.87. The van der Waals surface area contributed by atoms with Crippen LogP contribution in [0.15, 0.2) is 18.3 Å². The van der Waals surface area contributed by atoms with E-state index >= 15 is 0 Å². The molecule has 2 atom stereocenters. The van der Waals surface area contributed by atoms with Crippen molar-refractivity contribution in [1.82, 2.24) is 10.4 Å². The van der Waals surface area contributed by atoms with Crippen LogP contribution in [0.4, 0.5) is 5.82 Å². The fraction of sp³-hybridized carbons (Fsp3) is 0.643. The summed E-state index contributed by atoms with van der Waals surface area (Å²) in [6.07, 6.45) is 2.38. The smallest absolute Gasteiger partial charge is 0.126 e. The number of rotatable bonds is 6. The van der Waals surface area contributed by atoms with Crippen molar-refractivity contribution >= 4 is 5.82 Å². The van der Waals surface area contributed by atoms with Gasteiger partial charge in [-0.1, -0.05) is 26.8 Å². The summed E-state index contributed by atoms with van der Waals surface area (Å²) in [6, 6.07) is 3.84. The van der Waals surface area contributed by atoms with Crippen molar-refractivity contribution in [2.45, 2.75) is 46.3 Å². The predicted molar refractivity (Wildman–Crippen MR) is 78.3 cm³/mol. The first kappa shape index (κ1) is 15.9. The summed E-state index contributed by atoms with van der Waals surface area (Å²) in [5, 5.41) is 0. The molecule has 5 N–H and O–H groups in total. The first-order valence-corrected chi connectivity index (χ1v) is 6.67. The molecular weight excluding hydrogens is 240 g/mol. The van der Waals surface area contributed by atoms with Gasteiger partial charge in [-0.05, 0) is 30.4 Å². The number of anilines is 1. The Morgan fingerprint density at radius 3 is 2.58 bits per heavy atom. The molecule has 0 saturated carbocycles. The number of nitrogens with one attached hydrogen (secondary N) is 1. The molecule has 0 aromatic carbocycles. The van der Waals surface area contributed by atoms with Crippen LogP contribution in [0, 0.1) is 5.41 Å². The molecule has 1 aromatic heterocycles. The maximum Gasteiger partial charge on any atom is 0.126 e. The number of nitrogen functional groups attached to an aromatic ring is 1. The van der Waals surface area contributed by atoms with Gasteiger partial charge in [-0.25, -0.2) is 4.98 Å². The second-order valence-electron chi connectivity index (χ2n) is 5.77. The summed E-state index contributed by atoms with van der Waals surface area (Å²) in [4.78, 5) is 4.10. The Bertz CT molecular complexity index is 389. The zero-order chi connectivity index (χ0) is 14.5. The zero-order valence-electron chi connectivity index (χ0n) is 12.3. The Balaban J connectivity index is 2.89. The molecule has 0 spiro atoms. The van der Waals surface area contributed by atoms with Crippen molar-refractivity contribution in [3.05, 3.63) is 23.9 Å². The molecule has 108 valence electrons. The third kappa shape index (κ3) is 4.45. The zero-order valence-corrected chi connectivity index (χ0v) is 12.3. The van der Waals surface area contributed by atoms with E-state index in [1.54, 1.807) is 6.20 Å². The largest absolute Gasteiger partial charge is 0.383 e. The van der Waals surface area contributed by atoms with Crippen LogP contribution in [0.3, 0.4) is 0 Å². The highest BCUT2D eigenvalue weighted by Crippen LogP contribution is 2.27. The minimum absolute atomic E-state index is 0.00195. The number of ether oxygens (including phenoxy) is 1. The second-order valence-corrected chi connectivity index (χ2v) is 5.77. The first-order valence-electron chi connectivity index (χ1n) is 6.67. The third-order valence-electron chi connectivity index (χ3n) is 3.15. The van der Waals surface area contributed by atoms with E-state index in [0.29, 0.717) is 18.8 Å². The van der Waals surface area contributed by atoms with Gasteiger partial charge in [-0.3, -0.25) is 11.3 Å². The van der Waals surface area contributed by atoms with Gasteiger partial charge in [0, 0.05) is 12.8 Å². The molecule has 1 aromatic rings. The number of nitrogens with two attached hydrogens (primary N) is 2. The maximum atomic E-state index is 5.89. The molecular formula is C14H26N4O. The van der Waals surface area contributed by atoms with E-state index in [1.165, 1.54) is 0 Å². The number of nitrogens with zero attached hydrogens (tertiary/aromatic N) is 1. The predicted octanol–water partition coefficient (Wildman–Crippen LogP) is 1.49. The summed E-state index contributed by atoms with van der Waals surface area (Å²) in [5.74, 6) is 6.26.